The van der Waals surface area contributed by atoms with Crippen LogP contribution in [0.3, 0.4) is 0 Å². The zero-order valence-corrected chi connectivity index (χ0v) is 34.3. The van der Waals surface area contributed by atoms with Crippen molar-refractivity contribution in [1.82, 2.24) is 9.13 Å². The molecular formula is C40H50BBrN4O8. The lowest BCUT2D eigenvalue weighted by Gasteiger charge is -2.32. The number of anilines is 2. The summed E-state index contributed by atoms with van der Waals surface area (Å²) in [6.45, 7) is 19.0. The van der Waals surface area contributed by atoms with Gasteiger partial charge in [-0.1, -0.05) is 28.1 Å². The van der Waals surface area contributed by atoms with Gasteiger partial charge in [-0.05, 0) is 125 Å². The first-order chi connectivity index (χ1) is 25.0. The van der Waals surface area contributed by atoms with Gasteiger partial charge in [0.25, 0.3) is 0 Å². The fourth-order valence-corrected chi connectivity index (χ4v) is 6.22. The normalized spacial score (nSPS) is 17.9. The average molecular weight is 806 g/mol. The van der Waals surface area contributed by atoms with Crippen LogP contribution in [0.4, 0.5) is 21.0 Å². The first kappa shape index (κ1) is 39.6. The van der Waals surface area contributed by atoms with Crippen LogP contribution in [-0.2, 0) is 28.4 Å². The molecule has 7 rings (SSSR count). The molecule has 4 aromatic rings. The maximum Gasteiger partial charge on any atom is 0.494 e. The molecule has 0 radical (unpaired) electrons. The molecule has 2 N–H and O–H groups in total. The molecule has 2 aromatic carbocycles. The minimum Gasteiger partial charge on any atom is -0.443 e. The molecule has 2 aliphatic carbocycles. The molecule has 3 fully saturated rings. The van der Waals surface area contributed by atoms with Crippen LogP contribution in [0.1, 0.15) is 94.9 Å². The summed E-state index contributed by atoms with van der Waals surface area (Å²) < 4.78 is 27.1. The standard InChI is InChI=1S/C23H31BN2O5.C17H19BrN2O3/c1-21(2,3)29-20(28)26-13-17(25-19(27)14-8-9-14)16-12-15(10-11-18(16)26)24-30-22(4,5)23(6,7)31-24;1-17(2,3)23-16(22)20-9-13(19-15(21)10-4-5-10)12-8-11(18)6-7-14(12)20/h10-14H,8-9H2,1-7H3,(H,25,27);6-10H,4-5H2,1-3H3,(H,19,21). The molecule has 1 saturated heterocycles. The molecule has 2 aromatic heterocycles. The molecule has 54 heavy (non-hydrogen) atoms. The Balaban J connectivity index is 0.000000193. The highest BCUT2D eigenvalue weighted by Gasteiger charge is 2.51. The first-order valence-electron chi connectivity index (χ1n) is 18.4. The SMILES string of the molecule is CC(C)(C)OC(=O)n1cc(NC(=O)C2CC2)c2cc(B3OC(C)(C)C(C)(C)O3)ccc21.CC(C)(C)OC(=O)n1cc(NC(=O)C2CC2)c2cc(Br)ccc21. The molecule has 2 amide bonds. The van der Waals surface area contributed by atoms with E-state index in [1.54, 1.807) is 12.4 Å². The Morgan fingerprint density at radius 1 is 0.704 bits per heavy atom. The van der Waals surface area contributed by atoms with Crippen molar-refractivity contribution in [3.63, 3.8) is 0 Å². The van der Waals surface area contributed by atoms with Crippen LogP contribution in [0.25, 0.3) is 21.8 Å². The molecular weight excluding hydrogens is 755 g/mol. The second-order valence-electron chi connectivity index (χ2n) is 17.3. The number of benzene rings is 2. The van der Waals surface area contributed by atoms with Crippen LogP contribution >= 0.6 is 15.9 Å². The molecule has 1 aliphatic heterocycles. The predicted molar refractivity (Wildman–Crippen MR) is 213 cm³/mol. The number of hydrogen-bond acceptors (Lipinski definition) is 8. The van der Waals surface area contributed by atoms with Gasteiger partial charge in [-0.3, -0.25) is 18.7 Å². The van der Waals surface area contributed by atoms with E-state index in [9.17, 15) is 19.2 Å². The number of carbonyl (C=O) groups excluding carboxylic acids is 4. The predicted octanol–water partition coefficient (Wildman–Crippen LogP) is 8.61. The first-order valence-corrected chi connectivity index (χ1v) is 19.2. The number of nitrogens with one attached hydrogen (secondary N) is 2. The van der Waals surface area contributed by atoms with E-state index in [1.807, 2.05) is 106 Å². The second-order valence-corrected chi connectivity index (χ2v) is 18.3. The van der Waals surface area contributed by atoms with Crippen LogP contribution in [0.2, 0.25) is 0 Å². The summed E-state index contributed by atoms with van der Waals surface area (Å²) in [7, 11) is -0.536. The van der Waals surface area contributed by atoms with E-state index in [-0.39, 0.29) is 23.7 Å². The van der Waals surface area contributed by atoms with Gasteiger partial charge in [-0.25, -0.2) is 9.59 Å². The van der Waals surface area contributed by atoms with Gasteiger partial charge in [0.1, 0.15) is 11.2 Å². The van der Waals surface area contributed by atoms with Gasteiger partial charge < -0.3 is 29.4 Å². The Morgan fingerprint density at radius 2 is 1.11 bits per heavy atom. The number of amides is 2. The van der Waals surface area contributed by atoms with Gasteiger partial charge in [0.05, 0.1) is 33.6 Å². The maximum absolute atomic E-state index is 12.8. The molecule has 0 unspecified atom stereocenters. The van der Waals surface area contributed by atoms with Gasteiger partial charge in [-0.15, -0.1) is 0 Å². The fraction of sp³-hybridized carbons (Fsp3) is 0.500. The number of halogens is 1. The van der Waals surface area contributed by atoms with E-state index in [0.29, 0.717) is 22.4 Å². The van der Waals surface area contributed by atoms with Crippen molar-refractivity contribution >= 4 is 85.7 Å². The number of hydrogen-bond donors (Lipinski definition) is 2. The summed E-state index contributed by atoms with van der Waals surface area (Å²) in [5, 5.41) is 7.46. The minimum absolute atomic E-state index is 0.00761. The van der Waals surface area contributed by atoms with E-state index in [1.165, 1.54) is 9.13 Å². The third-order valence-corrected chi connectivity index (χ3v) is 10.2. The van der Waals surface area contributed by atoms with Crippen molar-refractivity contribution in [2.24, 2.45) is 11.8 Å². The lowest BCUT2D eigenvalue weighted by Crippen LogP contribution is -2.41. The summed E-state index contributed by atoms with van der Waals surface area (Å²) in [5.41, 5.74) is 1.26. The fourth-order valence-electron chi connectivity index (χ4n) is 5.86. The third kappa shape index (κ3) is 8.87. The average Bonchev–Trinajstić information content (AvgIpc) is 3.98. The smallest absolute Gasteiger partial charge is 0.443 e. The van der Waals surface area contributed by atoms with Crippen molar-refractivity contribution in [3.05, 3.63) is 53.3 Å². The highest BCUT2D eigenvalue weighted by atomic mass is 79.9. The zero-order valence-electron chi connectivity index (χ0n) is 32.7. The molecule has 2 saturated carbocycles. The highest BCUT2D eigenvalue weighted by Crippen LogP contribution is 2.38. The summed E-state index contributed by atoms with van der Waals surface area (Å²) in [6.07, 6.45) is 5.97. The van der Waals surface area contributed by atoms with Crippen molar-refractivity contribution in [2.75, 3.05) is 10.6 Å². The number of rotatable bonds is 5. The largest absolute Gasteiger partial charge is 0.494 e. The van der Waals surface area contributed by atoms with Gasteiger partial charge in [0.2, 0.25) is 11.8 Å². The Kier molecular flexibility index (Phi) is 10.4. The van der Waals surface area contributed by atoms with Gasteiger partial charge in [0, 0.05) is 39.5 Å². The topological polar surface area (TPSA) is 139 Å². The van der Waals surface area contributed by atoms with Crippen LogP contribution in [0.15, 0.2) is 53.3 Å². The number of nitrogens with zero attached hydrogens (tertiary/aromatic N) is 2. The number of aromatic nitrogens is 2. The lowest BCUT2D eigenvalue weighted by molar-refractivity contribution is -0.118. The second kappa shape index (κ2) is 14.2. The zero-order chi connectivity index (χ0) is 39.5. The van der Waals surface area contributed by atoms with E-state index in [4.69, 9.17) is 18.8 Å². The molecule has 0 bridgehead atoms. The van der Waals surface area contributed by atoms with Crippen molar-refractivity contribution in [1.29, 1.82) is 0 Å². The summed E-state index contributed by atoms with van der Waals surface area (Å²) in [4.78, 5) is 49.7. The minimum atomic E-state index is -0.631. The molecule has 3 aliphatic rings. The van der Waals surface area contributed by atoms with Crippen LogP contribution < -0.4 is 16.1 Å². The molecule has 14 heteroatoms. The van der Waals surface area contributed by atoms with E-state index < -0.39 is 41.7 Å². The van der Waals surface area contributed by atoms with Crippen molar-refractivity contribution < 1.29 is 38.0 Å². The number of carbonyl (C=O) groups is 4. The molecule has 288 valence electrons. The van der Waals surface area contributed by atoms with E-state index >= 15 is 0 Å². The summed E-state index contributed by atoms with van der Waals surface area (Å²) in [6, 6.07) is 11.2. The monoisotopic (exact) mass is 804 g/mol. The molecule has 0 spiro atoms. The van der Waals surface area contributed by atoms with Crippen LogP contribution in [0.5, 0.6) is 0 Å². The highest BCUT2D eigenvalue weighted by molar-refractivity contribution is 9.10. The third-order valence-electron chi connectivity index (χ3n) is 9.71. The molecule has 0 atom stereocenters. The van der Waals surface area contributed by atoms with Crippen LogP contribution in [0, 0.1) is 11.8 Å². The van der Waals surface area contributed by atoms with Crippen LogP contribution in [-0.4, -0.2) is 62.7 Å². The van der Waals surface area contributed by atoms with Gasteiger partial charge >= 0.3 is 19.3 Å². The van der Waals surface area contributed by atoms with Gasteiger partial charge in [-0.2, -0.15) is 0 Å². The molecule has 12 nitrogen and oxygen atoms in total. The summed E-state index contributed by atoms with van der Waals surface area (Å²) in [5.74, 6) is 0.130. The van der Waals surface area contributed by atoms with Gasteiger partial charge in [0.15, 0.2) is 0 Å². The summed E-state index contributed by atoms with van der Waals surface area (Å²) >= 11 is 3.43. The quantitative estimate of drug-likeness (QED) is 0.191. The van der Waals surface area contributed by atoms with Crippen molar-refractivity contribution in [2.45, 2.75) is 117 Å². The van der Waals surface area contributed by atoms with Crippen molar-refractivity contribution in [3.8, 4) is 0 Å². The Morgan fingerprint density at radius 3 is 1.52 bits per heavy atom. The number of ether oxygens (including phenoxy) is 2. The van der Waals surface area contributed by atoms with E-state index in [0.717, 1.165) is 46.4 Å². The Labute approximate surface area is 324 Å². The lowest BCUT2D eigenvalue weighted by atomic mass is 9.78. The van der Waals surface area contributed by atoms with E-state index in [2.05, 4.69) is 26.6 Å². The number of fused-ring (bicyclic) bond motifs is 2. The Bertz CT molecular complexity index is 2120. The maximum atomic E-state index is 12.8. The molecule has 3 heterocycles. The Hall–Kier alpha value is -4.14.